The minimum absolute atomic E-state index is 0.0312. The van der Waals surface area contributed by atoms with Crippen LogP contribution in [0.4, 0.5) is 11.4 Å². The average Bonchev–Trinajstić information content (AvgIpc) is 3.43. The van der Waals surface area contributed by atoms with Gasteiger partial charge in [-0.05, 0) is 66.6 Å². The lowest BCUT2D eigenvalue weighted by Gasteiger charge is -2.17. The van der Waals surface area contributed by atoms with E-state index in [0.717, 1.165) is 6.42 Å². The number of anilines is 2. The van der Waals surface area contributed by atoms with Crippen molar-refractivity contribution in [2.75, 3.05) is 10.2 Å². The first kappa shape index (κ1) is 19.2. The van der Waals surface area contributed by atoms with Crippen molar-refractivity contribution in [2.24, 2.45) is 23.7 Å². The summed E-state index contributed by atoms with van der Waals surface area (Å²) in [7, 11) is 0. The number of nitrogens with zero attached hydrogens (tertiary/aromatic N) is 1. The van der Waals surface area contributed by atoms with Gasteiger partial charge in [-0.15, -0.1) is 0 Å². The second-order valence-corrected chi connectivity index (χ2v) is 8.33. The maximum Gasteiger partial charge on any atom is 0.255 e. The highest BCUT2D eigenvalue weighted by molar-refractivity contribution is 6.23. The second kappa shape index (κ2) is 6.91. The Kier molecular flexibility index (Phi) is 4.28. The van der Waals surface area contributed by atoms with Gasteiger partial charge in [-0.2, -0.15) is 0 Å². The first-order valence-corrected chi connectivity index (χ1v) is 10.1. The third kappa shape index (κ3) is 2.96. The number of hydrogen-bond donors (Lipinski definition) is 1. The molecule has 0 unspecified atom stereocenters. The first-order valence-electron chi connectivity index (χ1n) is 10.1. The number of carboxylic acid groups (broad SMARTS) is 1. The summed E-state index contributed by atoms with van der Waals surface area (Å²) < 4.78 is 0. The van der Waals surface area contributed by atoms with E-state index in [1.807, 2.05) is 12.2 Å². The number of allylic oxidation sites excluding steroid dienone is 2. The minimum atomic E-state index is -1.33. The van der Waals surface area contributed by atoms with Crippen LogP contribution in [-0.2, 0) is 9.59 Å². The van der Waals surface area contributed by atoms with E-state index in [0.29, 0.717) is 22.5 Å². The molecule has 2 aromatic rings. The molecule has 1 heterocycles. The quantitative estimate of drug-likeness (QED) is 0.607. The third-order valence-corrected chi connectivity index (χ3v) is 6.58. The van der Waals surface area contributed by atoms with E-state index in [4.69, 9.17) is 0 Å². The Balaban J connectivity index is 1.35. The molecule has 2 fully saturated rings. The van der Waals surface area contributed by atoms with Gasteiger partial charge >= 0.3 is 0 Å². The molecule has 1 saturated carbocycles. The highest BCUT2D eigenvalue weighted by Gasteiger charge is 2.59. The number of benzene rings is 2. The smallest absolute Gasteiger partial charge is 0.255 e. The van der Waals surface area contributed by atoms with Gasteiger partial charge in [0.05, 0.1) is 23.5 Å². The molecule has 156 valence electrons. The normalized spacial score (nSPS) is 25.8. The van der Waals surface area contributed by atoms with E-state index in [9.17, 15) is 24.3 Å². The maximum absolute atomic E-state index is 12.9. The van der Waals surface area contributed by atoms with Crippen molar-refractivity contribution in [2.45, 2.75) is 13.3 Å². The van der Waals surface area contributed by atoms with Crippen LogP contribution < -0.4 is 15.3 Å². The van der Waals surface area contributed by atoms with E-state index >= 15 is 0 Å². The van der Waals surface area contributed by atoms with Crippen LogP contribution in [0.15, 0.2) is 54.6 Å². The number of carbonyl (C=O) groups excluding carboxylic acids is 4. The number of rotatable bonds is 4. The van der Waals surface area contributed by atoms with E-state index in [1.165, 1.54) is 17.0 Å². The highest BCUT2D eigenvalue weighted by atomic mass is 16.4. The zero-order valence-electron chi connectivity index (χ0n) is 16.7. The topological polar surface area (TPSA) is 107 Å². The van der Waals surface area contributed by atoms with Crippen LogP contribution >= 0.6 is 0 Å². The number of hydrogen-bond acceptors (Lipinski definition) is 5. The third-order valence-electron chi connectivity index (χ3n) is 6.58. The molecule has 4 atom stereocenters. The molecule has 7 nitrogen and oxygen atoms in total. The van der Waals surface area contributed by atoms with Crippen molar-refractivity contribution in [1.29, 1.82) is 0 Å². The summed E-state index contributed by atoms with van der Waals surface area (Å²) in [5, 5.41) is 13.8. The second-order valence-electron chi connectivity index (χ2n) is 8.33. The largest absolute Gasteiger partial charge is 0.545 e. The lowest BCUT2D eigenvalue weighted by molar-refractivity contribution is -0.255. The number of carbonyl (C=O) groups is 4. The summed E-state index contributed by atoms with van der Waals surface area (Å²) >= 11 is 0. The van der Waals surface area contributed by atoms with Crippen molar-refractivity contribution in [1.82, 2.24) is 0 Å². The summed E-state index contributed by atoms with van der Waals surface area (Å²) in [5.74, 6) is -2.36. The standard InChI is InChI=1S/C24H20N2O5/c1-12-2-3-16(24(30)31)11-18(12)25-21(27)13-6-8-17(9-7-13)26-22(28)19-14-4-5-15(10-14)20(19)23(26)29/h2-9,11,14-15,19-20H,10H2,1H3,(H,25,27)(H,30,31)/p-1/t14-,15-,19-,20+/m0/s1. The fourth-order valence-electron chi connectivity index (χ4n) is 5.00. The van der Waals surface area contributed by atoms with Gasteiger partial charge in [-0.25, -0.2) is 0 Å². The molecule has 5 rings (SSSR count). The van der Waals surface area contributed by atoms with Gasteiger partial charge in [0.15, 0.2) is 0 Å². The van der Waals surface area contributed by atoms with Crippen LogP contribution in [0, 0.1) is 30.6 Å². The average molecular weight is 415 g/mol. The fraction of sp³-hybridized carbons (Fsp3) is 0.250. The number of fused-ring (bicyclic) bond motifs is 5. The molecule has 2 aliphatic carbocycles. The number of nitrogens with one attached hydrogen (secondary N) is 1. The summed E-state index contributed by atoms with van der Waals surface area (Å²) in [6.45, 7) is 1.75. The Labute approximate surface area is 178 Å². The van der Waals surface area contributed by atoms with Crippen LogP contribution in [0.3, 0.4) is 0 Å². The zero-order valence-corrected chi connectivity index (χ0v) is 16.7. The molecule has 1 aliphatic heterocycles. The molecule has 0 radical (unpaired) electrons. The molecule has 1 saturated heterocycles. The summed E-state index contributed by atoms with van der Waals surface area (Å²) in [6.07, 6.45) is 4.97. The molecule has 31 heavy (non-hydrogen) atoms. The lowest BCUT2D eigenvalue weighted by Crippen LogP contribution is -2.32. The van der Waals surface area contributed by atoms with Crippen LogP contribution in [0.2, 0.25) is 0 Å². The molecular weight excluding hydrogens is 396 g/mol. The van der Waals surface area contributed by atoms with Crippen molar-refractivity contribution in [3.8, 4) is 0 Å². The van der Waals surface area contributed by atoms with Crippen molar-refractivity contribution >= 4 is 35.1 Å². The number of amides is 3. The van der Waals surface area contributed by atoms with Crippen molar-refractivity contribution < 1.29 is 24.3 Å². The predicted molar refractivity (Wildman–Crippen MR) is 110 cm³/mol. The molecule has 3 amide bonds. The minimum Gasteiger partial charge on any atom is -0.545 e. The van der Waals surface area contributed by atoms with Gasteiger partial charge in [0, 0.05) is 11.3 Å². The Bertz CT molecular complexity index is 1140. The molecule has 1 N–H and O–H groups in total. The molecule has 0 aromatic heterocycles. The van der Waals surface area contributed by atoms with E-state index in [1.54, 1.807) is 37.3 Å². The summed E-state index contributed by atoms with van der Waals surface area (Å²) in [6, 6.07) is 10.6. The Morgan fingerprint density at radius 2 is 1.52 bits per heavy atom. The Morgan fingerprint density at radius 1 is 0.935 bits per heavy atom. The van der Waals surface area contributed by atoms with Gasteiger partial charge in [0.25, 0.3) is 5.91 Å². The molecular formula is C24H19N2O5-. The van der Waals surface area contributed by atoms with E-state index in [2.05, 4.69) is 5.32 Å². The predicted octanol–water partition coefficient (Wildman–Crippen LogP) is 1.92. The molecule has 7 heteroatoms. The van der Waals surface area contributed by atoms with Gasteiger partial charge in [0.1, 0.15) is 0 Å². The first-order chi connectivity index (χ1) is 14.8. The number of imide groups is 1. The van der Waals surface area contributed by atoms with Crippen LogP contribution in [0.25, 0.3) is 0 Å². The van der Waals surface area contributed by atoms with Gasteiger partial charge in [-0.1, -0.05) is 24.3 Å². The zero-order chi connectivity index (χ0) is 21.9. The van der Waals surface area contributed by atoms with Crippen LogP contribution in [-0.4, -0.2) is 23.7 Å². The monoisotopic (exact) mass is 415 g/mol. The molecule has 2 aromatic carbocycles. The molecule has 0 spiro atoms. The lowest BCUT2D eigenvalue weighted by atomic mass is 9.85. The molecule has 3 aliphatic rings. The number of carboxylic acids is 1. The molecule has 2 bridgehead atoms. The van der Waals surface area contributed by atoms with Crippen LogP contribution in [0.5, 0.6) is 0 Å². The SMILES string of the molecule is Cc1ccc(C(=O)[O-])cc1NC(=O)c1ccc(N2C(=O)[C@@H]3[C@H](C2=O)[C@H]2C=C[C@H]3C2)cc1. The van der Waals surface area contributed by atoms with Gasteiger partial charge in [0.2, 0.25) is 11.8 Å². The van der Waals surface area contributed by atoms with E-state index < -0.39 is 11.9 Å². The Hall–Kier alpha value is -3.74. The van der Waals surface area contributed by atoms with Crippen molar-refractivity contribution in [3.63, 3.8) is 0 Å². The summed E-state index contributed by atoms with van der Waals surface area (Å²) in [4.78, 5) is 50.8. The van der Waals surface area contributed by atoms with Crippen molar-refractivity contribution in [3.05, 3.63) is 71.3 Å². The maximum atomic E-state index is 12.9. The van der Waals surface area contributed by atoms with E-state index in [-0.39, 0.29) is 41.0 Å². The van der Waals surface area contributed by atoms with Gasteiger partial charge < -0.3 is 15.2 Å². The fourth-order valence-corrected chi connectivity index (χ4v) is 5.00. The van der Waals surface area contributed by atoms with Crippen LogP contribution in [0.1, 0.15) is 32.7 Å². The number of aryl methyl sites for hydroxylation is 1. The Morgan fingerprint density at radius 3 is 2.10 bits per heavy atom. The highest BCUT2D eigenvalue weighted by Crippen LogP contribution is 2.53. The van der Waals surface area contributed by atoms with Gasteiger partial charge in [-0.3, -0.25) is 19.3 Å². The number of aromatic carboxylic acids is 1. The summed E-state index contributed by atoms with van der Waals surface area (Å²) in [5.41, 5.74) is 1.82.